The molecule has 1 aliphatic rings. The maximum Gasteiger partial charge on any atom is 0.306 e. The van der Waals surface area contributed by atoms with Gasteiger partial charge in [0, 0.05) is 23.7 Å². The first-order valence-electron chi connectivity index (χ1n) is 9.48. The number of H-pyrrole nitrogens is 1. The molecule has 0 bridgehead atoms. The van der Waals surface area contributed by atoms with Crippen LogP contribution in [0.5, 0.6) is 0 Å². The Balaban J connectivity index is 0.00000363. The third-order valence-electron chi connectivity index (χ3n) is 4.98. The lowest BCUT2D eigenvalue weighted by Gasteiger charge is -2.11. The monoisotopic (exact) mass is 462 g/mol. The predicted octanol–water partition coefficient (Wildman–Crippen LogP) is -0.0596. The summed E-state index contributed by atoms with van der Waals surface area (Å²) in [5, 5.41) is 19.0. The van der Waals surface area contributed by atoms with E-state index in [2.05, 4.69) is 25.6 Å². The van der Waals surface area contributed by atoms with Crippen LogP contribution in [0.1, 0.15) is 28.8 Å². The maximum absolute atomic E-state index is 12.5. The summed E-state index contributed by atoms with van der Waals surface area (Å²) in [6.45, 7) is 0.104. The molecule has 0 saturated carbocycles. The third kappa shape index (κ3) is 5.70. The van der Waals surface area contributed by atoms with E-state index in [-0.39, 0.29) is 48.7 Å². The molecule has 0 unspecified atom stereocenters. The van der Waals surface area contributed by atoms with Crippen LogP contribution in [-0.4, -0.2) is 53.5 Å². The number of carbonyl (C=O) groups excluding carboxylic acids is 3. The number of nitrogens with zero attached hydrogens (tertiary/aromatic N) is 1. The number of ether oxygens (including phenoxy) is 1. The van der Waals surface area contributed by atoms with E-state index in [1.165, 1.54) is 13.2 Å². The van der Waals surface area contributed by atoms with E-state index >= 15 is 0 Å². The second-order valence-electron chi connectivity index (χ2n) is 7.12. The topological polar surface area (TPSA) is 180 Å². The molecule has 1 aromatic heterocycles. The molecule has 1 aliphatic heterocycles. The van der Waals surface area contributed by atoms with Crippen molar-refractivity contribution in [3.8, 4) is 11.3 Å². The number of aromatic amines is 1. The van der Waals surface area contributed by atoms with E-state index in [1.54, 1.807) is 24.3 Å². The lowest BCUT2D eigenvalue weighted by atomic mass is 10.0. The molecule has 2 heterocycles. The Hall–Kier alpha value is -3.73. The van der Waals surface area contributed by atoms with E-state index in [4.69, 9.17) is 11.1 Å². The van der Waals surface area contributed by atoms with Gasteiger partial charge < -0.3 is 21.1 Å². The molecule has 0 spiro atoms. The highest BCUT2D eigenvalue weighted by Gasteiger charge is 2.33. The molecule has 0 radical (unpaired) electrons. The summed E-state index contributed by atoms with van der Waals surface area (Å²) < 4.78 is 4.58. The van der Waals surface area contributed by atoms with E-state index in [1.807, 2.05) is 0 Å². The van der Waals surface area contributed by atoms with Crippen LogP contribution in [0.25, 0.3) is 11.3 Å². The molecule has 170 valence electrons. The number of amides is 2. The molecule has 1 aromatic carbocycles. The number of esters is 1. The number of rotatable bonds is 7. The number of aromatic nitrogens is 2. The van der Waals surface area contributed by atoms with Crippen LogP contribution in [0.3, 0.4) is 0 Å². The van der Waals surface area contributed by atoms with Crippen LogP contribution in [0.2, 0.25) is 0 Å². The zero-order chi connectivity index (χ0) is 22.5. The first-order chi connectivity index (χ1) is 14.8. The van der Waals surface area contributed by atoms with Crippen LogP contribution in [-0.2, 0) is 14.3 Å². The second-order valence-corrected chi connectivity index (χ2v) is 7.12. The summed E-state index contributed by atoms with van der Waals surface area (Å²) >= 11 is 0. The van der Waals surface area contributed by atoms with Crippen molar-refractivity contribution in [2.75, 3.05) is 13.7 Å². The third-order valence-corrected chi connectivity index (χ3v) is 4.98. The normalized spacial score (nSPS) is 17.1. The average Bonchev–Trinajstić information content (AvgIpc) is 3.11. The van der Waals surface area contributed by atoms with Crippen molar-refractivity contribution in [3.63, 3.8) is 0 Å². The number of carbonyl (C=O) groups is 3. The molecule has 1 saturated heterocycles. The van der Waals surface area contributed by atoms with Gasteiger partial charge >= 0.3 is 5.97 Å². The number of halogens is 1. The molecular weight excluding hydrogens is 440 g/mol. The number of methoxy groups -OCH3 is 1. The first-order valence-corrected chi connectivity index (χ1v) is 9.48. The Bertz CT molecular complexity index is 1080. The van der Waals surface area contributed by atoms with Crippen molar-refractivity contribution in [2.45, 2.75) is 18.9 Å². The molecule has 12 heteroatoms. The number of hydrogen-bond donors (Lipinski definition) is 5. The second kappa shape index (κ2) is 10.5. The van der Waals surface area contributed by atoms with E-state index < -0.39 is 23.4 Å². The van der Waals surface area contributed by atoms with Gasteiger partial charge in [0.05, 0.1) is 25.1 Å². The van der Waals surface area contributed by atoms with E-state index in [0.29, 0.717) is 23.2 Å². The van der Waals surface area contributed by atoms with Crippen LogP contribution in [0.4, 0.5) is 0 Å². The fourth-order valence-electron chi connectivity index (χ4n) is 3.28. The summed E-state index contributed by atoms with van der Waals surface area (Å²) in [6, 6.07) is 7.63. The summed E-state index contributed by atoms with van der Waals surface area (Å²) in [4.78, 5) is 48.0. The van der Waals surface area contributed by atoms with Crippen molar-refractivity contribution < 1.29 is 19.1 Å². The first kappa shape index (κ1) is 24.5. The molecule has 6 N–H and O–H groups in total. The molecule has 2 atom stereocenters. The minimum absolute atomic E-state index is 0. The standard InChI is InChI=1S/C20H22N6O5.ClH/c1-31-16(27)7-12-6-13(24-18(12)28)9-23-19(29)14-8-15(25-26-20(14)30)10-2-4-11(5-3-10)17(21)22;/h2-5,8,12-13H,6-7,9H2,1H3,(H3,21,22)(H,23,29)(H,24,28)(H,26,30);1H/t12-,13-;/m0./s1. The zero-order valence-electron chi connectivity index (χ0n) is 17.1. The van der Waals surface area contributed by atoms with Crippen LogP contribution < -0.4 is 21.9 Å². The van der Waals surface area contributed by atoms with Gasteiger partial charge in [0.15, 0.2) is 0 Å². The largest absolute Gasteiger partial charge is 0.469 e. The van der Waals surface area contributed by atoms with Gasteiger partial charge in [-0.15, -0.1) is 12.4 Å². The van der Waals surface area contributed by atoms with Gasteiger partial charge in [-0.05, 0) is 12.5 Å². The van der Waals surface area contributed by atoms with Gasteiger partial charge in [-0.3, -0.25) is 24.6 Å². The molecule has 3 rings (SSSR count). The number of nitrogen functional groups attached to an aromatic ring is 1. The van der Waals surface area contributed by atoms with Crippen LogP contribution in [0, 0.1) is 11.3 Å². The maximum atomic E-state index is 12.5. The number of hydrogen-bond acceptors (Lipinski definition) is 7. The molecule has 32 heavy (non-hydrogen) atoms. The predicted molar refractivity (Wildman–Crippen MR) is 118 cm³/mol. The van der Waals surface area contributed by atoms with Gasteiger partial charge in [-0.1, -0.05) is 24.3 Å². The van der Waals surface area contributed by atoms with Crippen molar-refractivity contribution in [3.05, 3.63) is 51.8 Å². The molecule has 0 aliphatic carbocycles. The fraction of sp³-hybridized carbons (Fsp3) is 0.300. The summed E-state index contributed by atoms with van der Waals surface area (Å²) in [7, 11) is 1.26. The molecule has 1 fully saturated rings. The van der Waals surface area contributed by atoms with E-state index in [9.17, 15) is 19.2 Å². The van der Waals surface area contributed by atoms with Crippen molar-refractivity contribution in [1.82, 2.24) is 20.8 Å². The number of nitrogens with one attached hydrogen (secondary N) is 4. The summed E-state index contributed by atoms with van der Waals surface area (Å²) in [5.74, 6) is -1.95. The Morgan fingerprint density at radius 2 is 1.97 bits per heavy atom. The lowest BCUT2D eigenvalue weighted by Crippen LogP contribution is -2.40. The SMILES string of the molecule is COC(=O)C[C@@H]1C[C@@H](CNC(=O)c2cc(-c3ccc(C(=N)N)cc3)n[nH]c2=O)NC1=O.Cl. The van der Waals surface area contributed by atoms with Gasteiger partial charge in [0.25, 0.3) is 11.5 Å². The van der Waals surface area contributed by atoms with Crippen LogP contribution >= 0.6 is 12.4 Å². The van der Waals surface area contributed by atoms with Crippen molar-refractivity contribution >= 4 is 36.0 Å². The number of amidine groups is 1. The molecule has 11 nitrogen and oxygen atoms in total. The molecule has 2 aromatic rings. The van der Waals surface area contributed by atoms with Gasteiger partial charge in [-0.25, -0.2) is 5.10 Å². The van der Waals surface area contributed by atoms with Gasteiger partial charge in [-0.2, -0.15) is 5.10 Å². The Kier molecular flexibility index (Phi) is 8.08. The summed E-state index contributed by atoms with van der Waals surface area (Å²) in [5.41, 5.74) is 6.19. The smallest absolute Gasteiger partial charge is 0.306 e. The Labute approximate surface area is 189 Å². The van der Waals surface area contributed by atoms with Gasteiger partial charge in [0.1, 0.15) is 11.4 Å². The highest BCUT2D eigenvalue weighted by molar-refractivity contribution is 5.96. The van der Waals surface area contributed by atoms with Crippen molar-refractivity contribution in [1.29, 1.82) is 5.41 Å². The Morgan fingerprint density at radius 3 is 2.59 bits per heavy atom. The van der Waals surface area contributed by atoms with Crippen LogP contribution in [0.15, 0.2) is 35.1 Å². The fourth-order valence-corrected chi connectivity index (χ4v) is 3.28. The zero-order valence-corrected chi connectivity index (χ0v) is 18.0. The summed E-state index contributed by atoms with van der Waals surface area (Å²) in [6.07, 6.45) is 0.344. The molecular formula is C20H23ClN6O5. The van der Waals surface area contributed by atoms with Gasteiger partial charge in [0.2, 0.25) is 5.91 Å². The lowest BCUT2D eigenvalue weighted by molar-refractivity contribution is -0.143. The quantitative estimate of drug-likeness (QED) is 0.217. The average molecular weight is 463 g/mol. The number of benzene rings is 1. The Morgan fingerprint density at radius 1 is 1.28 bits per heavy atom. The molecule has 2 amide bonds. The minimum atomic E-state index is -0.652. The van der Waals surface area contributed by atoms with Crippen molar-refractivity contribution in [2.24, 2.45) is 11.7 Å². The highest BCUT2D eigenvalue weighted by Crippen LogP contribution is 2.20. The minimum Gasteiger partial charge on any atom is -0.469 e. The van der Waals surface area contributed by atoms with E-state index in [0.717, 1.165) is 0 Å². The highest BCUT2D eigenvalue weighted by atomic mass is 35.5. The number of nitrogens with two attached hydrogens (primary N) is 1.